The third-order valence-corrected chi connectivity index (χ3v) is 6.32. The summed E-state index contributed by atoms with van der Waals surface area (Å²) in [5, 5.41) is 14.4. The molecular weight excluding hydrogens is 442 g/mol. The first kappa shape index (κ1) is 22.6. The molecule has 3 rings (SSSR count). The van der Waals surface area contributed by atoms with Gasteiger partial charge in [-0.25, -0.2) is 13.1 Å². The standard InChI is InChI=1S/C20H20ClN5O4S/c21-17-12-15(4-7-18(17)26-11-10-23-19(27)13-26)25-20(28)14-2-5-16(6-3-14)31(29,30)24-9-1-8-22/h2-7,12,24H,1,9-11,13H2,(H,23,27)(H,25,28). The highest BCUT2D eigenvalue weighted by atomic mass is 35.5. The molecule has 1 heterocycles. The van der Waals surface area contributed by atoms with Crippen LogP contribution >= 0.6 is 11.6 Å². The number of hydrogen-bond acceptors (Lipinski definition) is 6. The lowest BCUT2D eigenvalue weighted by Crippen LogP contribution is -2.47. The van der Waals surface area contributed by atoms with Crippen LogP contribution in [0.5, 0.6) is 0 Å². The number of nitriles is 1. The van der Waals surface area contributed by atoms with Gasteiger partial charge in [-0.15, -0.1) is 0 Å². The van der Waals surface area contributed by atoms with E-state index < -0.39 is 15.9 Å². The summed E-state index contributed by atoms with van der Waals surface area (Å²) in [5.74, 6) is -0.507. The third kappa shape index (κ3) is 5.73. The maximum Gasteiger partial charge on any atom is 0.255 e. The summed E-state index contributed by atoms with van der Waals surface area (Å²) >= 11 is 6.34. The average Bonchev–Trinajstić information content (AvgIpc) is 2.74. The fourth-order valence-corrected chi connectivity index (χ4v) is 4.33. The Morgan fingerprint density at radius 1 is 1.23 bits per heavy atom. The zero-order chi connectivity index (χ0) is 22.4. The minimum Gasteiger partial charge on any atom is -0.359 e. The monoisotopic (exact) mass is 461 g/mol. The van der Waals surface area contributed by atoms with Gasteiger partial charge in [-0.1, -0.05) is 11.6 Å². The number of piperazine rings is 1. The summed E-state index contributed by atoms with van der Waals surface area (Å²) in [4.78, 5) is 25.9. The van der Waals surface area contributed by atoms with E-state index in [1.54, 1.807) is 18.2 Å². The molecule has 0 radical (unpaired) electrons. The van der Waals surface area contributed by atoms with Gasteiger partial charge in [0.25, 0.3) is 5.91 Å². The molecule has 2 aromatic carbocycles. The summed E-state index contributed by atoms with van der Waals surface area (Å²) in [7, 11) is -3.74. The number of sulfonamides is 1. The Bertz CT molecular complexity index is 1130. The molecule has 31 heavy (non-hydrogen) atoms. The highest BCUT2D eigenvalue weighted by Crippen LogP contribution is 2.29. The minimum atomic E-state index is -3.74. The van der Waals surface area contributed by atoms with Crippen LogP contribution in [0, 0.1) is 11.3 Å². The quantitative estimate of drug-likeness (QED) is 0.538. The number of amides is 2. The first-order chi connectivity index (χ1) is 14.8. The molecule has 0 spiro atoms. The molecule has 0 atom stereocenters. The minimum absolute atomic E-state index is 0.0000411. The lowest BCUT2D eigenvalue weighted by atomic mass is 10.2. The van der Waals surface area contributed by atoms with Crippen molar-refractivity contribution >= 4 is 44.8 Å². The molecule has 0 aromatic heterocycles. The van der Waals surface area contributed by atoms with Crippen molar-refractivity contribution in [1.29, 1.82) is 5.26 Å². The van der Waals surface area contributed by atoms with E-state index in [9.17, 15) is 18.0 Å². The number of rotatable bonds is 7. The molecule has 0 bridgehead atoms. The lowest BCUT2D eigenvalue weighted by molar-refractivity contribution is -0.120. The molecule has 162 valence electrons. The third-order valence-electron chi connectivity index (χ3n) is 4.54. The number of halogens is 1. The van der Waals surface area contributed by atoms with E-state index in [1.165, 1.54) is 24.3 Å². The van der Waals surface area contributed by atoms with Crippen LogP contribution in [0.15, 0.2) is 47.4 Å². The van der Waals surface area contributed by atoms with Crippen molar-refractivity contribution in [2.75, 3.05) is 36.4 Å². The number of carbonyl (C=O) groups excluding carboxylic acids is 2. The van der Waals surface area contributed by atoms with Crippen LogP contribution in [-0.4, -0.2) is 46.4 Å². The average molecular weight is 462 g/mol. The molecule has 3 N–H and O–H groups in total. The Morgan fingerprint density at radius 3 is 2.61 bits per heavy atom. The normalized spacial score (nSPS) is 13.9. The zero-order valence-corrected chi connectivity index (χ0v) is 18.0. The van der Waals surface area contributed by atoms with Crippen molar-refractivity contribution in [1.82, 2.24) is 10.0 Å². The molecule has 1 aliphatic heterocycles. The van der Waals surface area contributed by atoms with E-state index in [1.807, 2.05) is 11.0 Å². The molecule has 0 aliphatic carbocycles. The van der Waals surface area contributed by atoms with E-state index in [4.69, 9.17) is 16.9 Å². The fraction of sp³-hybridized carbons (Fsp3) is 0.250. The highest BCUT2D eigenvalue weighted by Gasteiger charge is 2.19. The second kappa shape index (κ2) is 9.78. The summed E-state index contributed by atoms with van der Waals surface area (Å²) in [6.07, 6.45) is 0.0615. The first-order valence-electron chi connectivity index (χ1n) is 9.39. The molecule has 2 amide bonds. The van der Waals surface area contributed by atoms with Gasteiger partial charge in [-0.3, -0.25) is 9.59 Å². The van der Waals surface area contributed by atoms with Crippen LogP contribution in [0.4, 0.5) is 11.4 Å². The van der Waals surface area contributed by atoms with Crippen LogP contribution < -0.4 is 20.3 Å². The van der Waals surface area contributed by atoms with Gasteiger partial charge < -0.3 is 15.5 Å². The van der Waals surface area contributed by atoms with Gasteiger partial charge in [0.1, 0.15) is 0 Å². The number of nitrogens with one attached hydrogen (secondary N) is 3. The Kier molecular flexibility index (Phi) is 7.12. The first-order valence-corrected chi connectivity index (χ1v) is 11.3. The van der Waals surface area contributed by atoms with Crippen LogP contribution in [0.1, 0.15) is 16.8 Å². The molecule has 0 saturated carbocycles. The van der Waals surface area contributed by atoms with Crippen LogP contribution in [0.2, 0.25) is 5.02 Å². The maximum atomic E-state index is 12.5. The van der Waals surface area contributed by atoms with Crippen molar-refractivity contribution in [2.24, 2.45) is 0 Å². The van der Waals surface area contributed by atoms with Crippen LogP contribution in [0.25, 0.3) is 0 Å². The Morgan fingerprint density at radius 2 is 1.97 bits per heavy atom. The zero-order valence-electron chi connectivity index (χ0n) is 16.4. The van der Waals surface area contributed by atoms with Gasteiger partial charge in [0.15, 0.2) is 0 Å². The van der Waals surface area contributed by atoms with Crippen molar-refractivity contribution in [2.45, 2.75) is 11.3 Å². The number of carbonyl (C=O) groups is 2. The predicted molar refractivity (Wildman–Crippen MR) is 116 cm³/mol. The lowest BCUT2D eigenvalue weighted by Gasteiger charge is -2.29. The van der Waals surface area contributed by atoms with E-state index >= 15 is 0 Å². The topological polar surface area (TPSA) is 131 Å². The van der Waals surface area contributed by atoms with E-state index in [-0.39, 0.29) is 35.9 Å². The molecule has 2 aromatic rings. The van der Waals surface area contributed by atoms with Crippen molar-refractivity contribution in [3.05, 3.63) is 53.1 Å². The van der Waals surface area contributed by atoms with Gasteiger partial charge >= 0.3 is 0 Å². The summed E-state index contributed by atoms with van der Waals surface area (Å²) in [6.45, 7) is 1.40. The smallest absolute Gasteiger partial charge is 0.255 e. The molecule has 11 heteroatoms. The van der Waals surface area contributed by atoms with Gasteiger partial charge in [0, 0.05) is 37.3 Å². The molecule has 1 saturated heterocycles. The maximum absolute atomic E-state index is 12.5. The van der Waals surface area contributed by atoms with Crippen molar-refractivity contribution in [3.63, 3.8) is 0 Å². The Labute approximate surface area is 185 Å². The molecule has 1 fully saturated rings. The van der Waals surface area contributed by atoms with E-state index in [0.717, 1.165) is 0 Å². The second-order valence-electron chi connectivity index (χ2n) is 6.72. The Balaban J connectivity index is 1.67. The number of anilines is 2. The van der Waals surface area contributed by atoms with Crippen LogP contribution in [-0.2, 0) is 14.8 Å². The van der Waals surface area contributed by atoms with Gasteiger partial charge in [0.2, 0.25) is 15.9 Å². The number of nitrogens with zero attached hydrogens (tertiary/aromatic N) is 2. The predicted octanol–water partition coefficient (Wildman–Crippen LogP) is 1.72. The highest BCUT2D eigenvalue weighted by molar-refractivity contribution is 7.89. The largest absolute Gasteiger partial charge is 0.359 e. The van der Waals surface area contributed by atoms with E-state index in [0.29, 0.717) is 29.5 Å². The second-order valence-corrected chi connectivity index (χ2v) is 8.90. The molecule has 9 nitrogen and oxygen atoms in total. The summed E-state index contributed by atoms with van der Waals surface area (Å²) in [6, 6.07) is 12.3. The van der Waals surface area contributed by atoms with Gasteiger partial charge in [0.05, 0.1) is 28.2 Å². The van der Waals surface area contributed by atoms with Gasteiger partial charge in [-0.2, -0.15) is 5.26 Å². The molecular formula is C20H20ClN5O4S. The SMILES string of the molecule is N#CCCNS(=O)(=O)c1ccc(C(=O)Nc2ccc(N3CCNC(=O)C3)c(Cl)c2)cc1. The van der Waals surface area contributed by atoms with Crippen molar-refractivity contribution < 1.29 is 18.0 Å². The molecule has 1 aliphatic rings. The van der Waals surface area contributed by atoms with Gasteiger partial charge in [-0.05, 0) is 42.5 Å². The fourth-order valence-electron chi connectivity index (χ4n) is 3.00. The Hall–Kier alpha value is -3.13. The van der Waals surface area contributed by atoms with E-state index in [2.05, 4.69) is 15.4 Å². The number of benzene rings is 2. The van der Waals surface area contributed by atoms with Crippen molar-refractivity contribution in [3.8, 4) is 6.07 Å². The van der Waals surface area contributed by atoms with Crippen LogP contribution in [0.3, 0.4) is 0 Å². The number of hydrogen-bond donors (Lipinski definition) is 3. The molecule has 0 unspecified atom stereocenters. The summed E-state index contributed by atoms with van der Waals surface area (Å²) in [5.41, 5.74) is 1.44. The summed E-state index contributed by atoms with van der Waals surface area (Å²) < 4.78 is 26.6.